The van der Waals surface area contributed by atoms with Crippen molar-refractivity contribution in [1.29, 1.82) is 0 Å². The number of carbonyl (C=O) groups is 2. The van der Waals surface area contributed by atoms with Crippen molar-refractivity contribution < 1.29 is 14.3 Å². The summed E-state index contributed by atoms with van der Waals surface area (Å²) in [6.07, 6.45) is 0.225. The lowest BCUT2D eigenvalue weighted by atomic mass is 10.1. The Morgan fingerprint density at radius 1 is 0.966 bits per heavy atom. The van der Waals surface area contributed by atoms with Gasteiger partial charge in [-0.25, -0.2) is 0 Å². The van der Waals surface area contributed by atoms with Gasteiger partial charge in [0.25, 0.3) is 0 Å². The molecule has 1 N–H and O–H groups in total. The van der Waals surface area contributed by atoms with Gasteiger partial charge in [0.15, 0.2) is 0 Å². The zero-order chi connectivity index (χ0) is 20.6. The molecule has 0 atom stereocenters. The molecule has 154 valence electrons. The van der Waals surface area contributed by atoms with E-state index >= 15 is 0 Å². The number of nitrogens with zero attached hydrogens (tertiary/aromatic N) is 2. The van der Waals surface area contributed by atoms with Crippen molar-refractivity contribution in [3.8, 4) is 5.75 Å². The molecule has 0 bridgehead atoms. The van der Waals surface area contributed by atoms with Crippen LogP contribution in [0.2, 0.25) is 0 Å². The largest absolute Gasteiger partial charge is 0.493 e. The molecule has 1 fully saturated rings. The zero-order valence-corrected chi connectivity index (χ0v) is 17.2. The average Bonchev–Trinajstić information content (AvgIpc) is 2.75. The number of rotatable bonds is 7. The summed E-state index contributed by atoms with van der Waals surface area (Å²) in [5.41, 5.74) is 3.81. The summed E-state index contributed by atoms with van der Waals surface area (Å²) in [4.78, 5) is 28.5. The van der Waals surface area contributed by atoms with Crippen molar-refractivity contribution in [2.24, 2.45) is 0 Å². The van der Waals surface area contributed by atoms with Crippen molar-refractivity contribution in [2.75, 3.05) is 44.2 Å². The predicted octanol–water partition coefficient (Wildman–Crippen LogP) is 2.54. The monoisotopic (exact) mass is 395 g/mol. The minimum Gasteiger partial charge on any atom is -0.493 e. The molecule has 2 amide bonds. The molecule has 6 heteroatoms. The molecule has 29 heavy (non-hydrogen) atoms. The Labute approximate surface area is 172 Å². The fourth-order valence-electron chi connectivity index (χ4n) is 3.43. The molecule has 2 aromatic rings. The van der Waals surface area contributed by atoms with E-state index in [4.69, 9.17) is 4.74 Å². The Balaban J connectivity index is 1.37. The maximum atomic E-state index is 12.4. The van der Waals surface area contributed by atoms with E-state index in [0.29, 0.717) is 19.7 Å². The Morgan fingerprint density at radius 2 is 1.69 bits per heavy atom. The van der Waals surface area contributed by atoms with E-state index in [1.807, 2.05) is 35.2 Å². The topological polar surface area (TPSA) is 61.9 Å². The Hall–Kier alpha value is -3.02. The molecule has 6 nitrogen and oxygen atoms in total. The quantitative estimate of drug-likeness (QED) is 0.783. The van der Waals surface area contributed by atoms with Gasteiger partial charge < -0.3 is 19.9 Å². The summed E-state index contributed by atoms with van der Waals surface area (Å²) in [7, 11) is 0. The van der Waals surface area contributed by atoms with Crippen molar-refractivity contribution in [3.05, 3.63) is 59.7 Å². The molecule has 0 aliphatic carbocycles. The van der Waals surface area contributed by atoms with E-state index in [9.17, 15) is 9.59 Å². The second kappa shape index (κ2) is 9.96. The van der Waals surface area contributed by atoms with Gasteiger partial charge in [-0.2, -0.15) is 0 Å². The van der Waals surface area contributed by atoms with Gasteiger partial charge >= 0.3 is 0 Å². The second-order valence-corrected chi connectivity index (χ2v) is 7.28. The highest BCUT2D eigenvalue weighted by Crippen LogP contribution is 2.23. The van der Waals surface area contributed by atoms with Crippen LogP contribution in [0.25, 0.3) is 0 Å². The van der Waals surface area contributed by atoms with Crippen LogP contribution >= 0.6 is 0 Å². The van der Waals surface area contributed by atoms with E-state index in [0.717, 1.165) is 18.8 Å². The smallest absolute Gasteiger partial charge is 0.242 e. The van der Waals surface area contributed by atoms with Crippen molar-refractivity contribution >= 4 is 17.5 Å². The first-order valence-electron chi connectivity index (χ1n) is 10.1. The first-order chi connectivity index (χ1) is 14.0. The van der Waals surface area contributed by atoms with Crippen LogP contribution in [0.3, 0.4) is 0 Å². The molecule has 3 rings (SSSR count). The molecule has 0 spiro atoms. The van der Waals surface area contributed by atoms with Crippen LogP contribution in [0, 0.1) is 13.8 Å². The summed E-state index contributed by atoms with van der Waals surface area (Å²) in [6, 6.07) is 15.7. The van der Waals surface area contributed by atoms with E-state index in [-0.39, 0.29) is 24.8 Å². The Kier molecular flexibility index (Phi) is 7.11. The fraction of sp³-hybridized carbons (Fsp3) is 0.391. The second-order valence-electron chi connectivity index (χ2n) is 7.28. The molecule has 0 unspecified atom stereocenters. The third kappa shape index (κ3) is 5.73. The molecule has 1 saturated heterocycles. The highest BCUT2D eigenvalue weighted by Gasteiger charge is 2.22. The first-order valence-corrected chi connectivity index (χ1v) is 10.1. The predicted molar refractivity (Wildman–Crippen MR) is 114 cm³/mol. The molecule has 2 aromatic carbocycles. The molecule has 1 heterocycles. The van der Waals surface area contributed by atoms with Crippen LogP contribution < -0.4 is 15.0 Å². The lowest BCUT2D eigenvalue weighted by Crippen LogP contribution is -2.51. The van der Waals surface area contributed by atoms with Gasteiger partial charge in [-0.15, -0.1) is 0 Å². The number of piperazine rings is 1. The van der Waals surface area contributed by atoms with Gasteiger partial charge in [0, 0.05) is 31.9 Å². The number of benzene rings is 2. The van der Waals surface area contributed by atoms with E-state index < -0.39 is 0 Å². The van der Waals surface area contributed by atoms with Crippen molar-refractivity contribution in [1.82, 2.24) is 10.2 Å². The number of anilines is 1. The number of nitrogens with one attached hydrogen (secondary N) is 1. The van der Waals surface area contributed by atoms with Crippen LogP contribution in [0.4, 0.5) is 5.69 Å². The van der Waals surface area contributed by atoms with Crippen LogP contribution in [0.1, 0.15) is 17.5 Å². The van der Waals surface area contributed by atoms with Gasteiger partial charge in [-0.05, 0) is 43.2 Å². The maximum Gasteiger partial charge on any atom is 0.242 e. The number of hydrogen-bond acceptors (Lipinski definition) is 4. The van der Waals surface area contributed by atoms with Crippen LogP contribution in [0.5, 0.6) is 5.75 Å². The lowest BCUT2D eigenvalue weighted by molar-refractivity contribution is -0.133. The zero-order valence-electron chi connectivity index (χ0n) is 17.2. The Morgan fingerprint density at radius 3 is 2.41 bits per heavy atom. The maximum absolute atomic E-state index is 12.4. The van der Waals surface area contributed by atoms with Crippen molar-refractivity contribution in [3.63, 3.8) is 0 Å². The summed E-state index contributed by atoms with van der Waals surface area (Å²) in [6.45, 7) is 7.51. The van der Waals surface area contributed by atoms with Crippen molar-refractivity contribution in [2.45, 2.75) is 20.3 Å². The molecule has 1 aliphatic rings. The van der Waals surface area contributed by atoms with Gasteiger partial charge in [0.05, 0.1) is 19.6 Å². The molecule has 1 aliphatic heterocycles. The molecule has 0 radical (unpaired) electrons. The lowest BCUT2D eigenvalue weighted by Gasteiger charge is -2.37. The summed E-state index contributed by atoms with van der Waals surface area (Å²) >= 11 is 0. The number of amides is 2. The normalized spacial score (nSPS) is 13.9. The van der Waals surface area contributed by atoms with E-state index in [2.05, 4.69) is 42.3 Å². The molecular weight excluding hydrogens is 366 g/mol. The average molecular weight is 396 g/mol. The summed E-state index contributed by atoms with van der Waals surface area (Å²) in [5, 5.41) is 2.70. The number of ether oxygens (including phenoxy) is 1. The minimum atomic E-state index is -0.177. The highest BCUT2D eigenvalue weighted by molar-refractivity contribution is 5.85. The standard InChI is InChI=1S/C23H29N3O3/c1-18-7-6-10-21(19(18)2)25-12-14-26(15-13-25)23(28)17-24-22(27)11-16-29-20-8-4-3-5-9-20/h3-10H,11-17H2,1-2H3,(H,24,27). The molecular formula is C23H29N3O3. The minimum absolute atomic E-state index is 0.0354. The number of hydrogen-bond donors (Lipinski definition) is 1. The molecule has 0 saturated carbocycles. The fourth-order valence-corrected chi connectivity index (χ4v) is 3.43. The SMILES string of the molecule is Cc1cccc(N2CCN(C(=O)CNC(=O)CCOc3ccccc3)CC2)c1C. The first kappa shape index (κ1) is 20.7. The molecule has 0 aromatic heterocycles. The van der Waals surface area contributed by atoms with Gasteiger partial charge in [-0.1, -0.05) is 30.3 Å². The number of para-hydroxylation sites is 1. The van der Waals surface area contributed by atoms with Gasteiger partial charge in [-0.3, -0.25) is 9.59 Å². The summed E-state index contributed by atoms with van der Waals surface area (Å²) < 4.78 is 5.51. The van der Waals surface area contributed by atoms with Crippen LogP contribution in [0.15, 0.2) is 48.5 Å². The van der Waals surface area contributed by atoms with Gasteiger partial charge in [0.2, 0.25) is 11.8 Å². The van der Waals surface area contributed by atoms with E-state index in [1.54, 1.807) is 0 Å². The van der Waals surface area contributed by atoms with Crippen LogP contribution in [-0.2, 0) is 9.59 Å². The van der Waals surface area contributed by atoms with E-state index in [1.165, 1.54) is 16.8 Å². The Bertz CT molecular complexity index is 831. The van der Waals surface area contributed by atoms with Gasteiger partial charge in [0.1, 0.15) is 5.75 Å². The van der Waals surface area contributed by atoms with Crippen LogP contribution in [-0.4, -0.2) is 56.0 Å². The summed E-state index contributed by atoms with van der Waals surface area (Å²) in [5.74, 6) is 0.518. The number of aryl methyl sites for hydroxylation is 1. The highest BCUT2D eigenvalue weighted by atomic mass is 16.5. The third-order valence-corrected chi connectivity index (χ3v) is 5.33. The number of carbonyl (C=O) groups excluding carboxylic acids is 2. The third-order valence-electron chi connectivity index (χ3n) is 5.33.